The number of nitrogens with one attached hydrogen (secondary N) is 3. The van der Waals surface area contributed by atoms with Crippen LogP contribution in [0.1, 0.15) is 45.1 Å². The molecule has 2 amide bonds. The summed E-state index contributed by atoms with van der Waals surface area (Å²) in [7, 11) is 0. The third-order valence-corrected chi connectivity index (χ3v) is 4.54. The number of anilines is 2. The van der Waals surface area contributed by atoms with Crippen molar-refractivity contribution in [3.05, 3.63) is 23.8 Å². The van der Waals surface area contributed by atoms with Crippen molar-refractivity contribution in [1.29, 1.82) is 0 Å². The van der Waals surface area contributed by atoms with Gasteiger partial charge in [0, 0.05) is 24.3 Å². The van der Waals surface area contributed by atoms with Gasteiger partial charge in [0.1, 0.15) is 0 Å². The van der Waals surface area contributed by atoms with E-state index in [2.05, 4.69) is 22.9 Å². The van der Waals surface area contributed by atoms with Crippen molar-refractivity contribution >= 4 is 23.2 Å². The van der Waals surface area contributed by atoms with Crippen molar-refractivity contribution in [1.82, 2.24) is 5.32 Å². The highest BCUT2D eigenvalue weighted by Crippen LogP contribution is 2.36. The Bertz CT molecular complexity index is 662. The highest BCUT2D eigenvalue weighted by Gasteiger charge is 2.34. The zero-order chi connectivity index (χ0) is 19.3. The average molecular weight is 371 g/mol. The predicted molar refractivity (Wildman–Crippen MR) is 93.8 cm³/mol. The zero-order valence-electron chi connectivity index (χ0n) is 14.9. The molecule has 1 fully saturated rings. The lowest BCUT2D eigenvalue weighted by Gasteiger charge is -2.29. The molecule has 8 heteroatoms. The molecule has 0 radical (unpaired) electrons. The van der Waals surface area contributed by atoms with Crippen molar-refractivity contribution in [3.8, 4) is 0 Å². The molecule has 2 atom stereocenters. The summed E-state index contributed by atoms with van der Waals surface area (Å²) in [5.74, 6) is -0.419. The fourth-order valence-corrected chi connectivity index (χ4v) is 3.18. The predicted octanol–water partition coefficient (Wildman–Crippen LogP) is 3.77. The lowest BCUT2D eigenvalue weighted by atomic mass is 9.86. The third kappa shape index (κ3) is 5.64. The molecular formula is C18H24F3N3O2. The van der Waals surface area contributed by atoms with Gasteiger partial charge in [0.25, 0.3) is 0 Å². The van der Waals surface area contributed by atoms with Crippen molar-refractivity contribution in [3.63, 3.8) is 0 Å². The smallest absolute Gasteiger partial charge is 0.376 e. The van der Waals surface area contributed by atoms with E-state index < -0.39 is 17.6 Å². The normalized spacial score (nSPS) is 20.3. The molecule has 0 bridgehead atoms. The van der Waals surface area contributed by atoms with Gasteiger partial charge < -0.3 is 16.0 Å². The largest absolute Gasteiger partial charge is 0.418 e. The van der Waals surface area contributed by atoms with Gasteiger partial charge in [-0.3, -0.25) is 9.59 Å². The van der Waals surface area contributed by atoms with Crippen LogP contribution in [-0.4, -0.2) is 24.4 Å². The summed E-state index contributed by atoms with van der Waals surface area (Å²) in [6, 6.07) is 3.50. The monoisotopic (exact) mass is 371 g/mol. The Hall–Kier alpha value is -2.25. The van der Waals surface area contributed by atoms with Crippen LogP contribution in [0.3, 0.4) is 0 Å². The van der Waals surface area contributed by atoms with Gasteiger partial charge in [-0.15, -0.1) is 0 Å². The summed E-state index contributed by atoms with van der Waals surface area (Å²) in [6.07, 6.45) is -0.481. The summed E-state index contributed by atoms with van der Waals surface area (Å²) in [6.45, 7) is 3.04. The van der Waals surface area contributed by atoms with E-state index in [1.807, 2.05) is 0 Å². The number of carbonyl (C=O) groups is 2. The van der Waals surface area contributed by atoms with Crippen molar-refractivity contribution in [2.45, 2.75) is 51.7 Å². The highest BCUT2D eigenvalue weighted by atomic mass is 19.4. The molecule has 0 aromatic heterocycles. The van der Waals surface area contributed by atoms with Gasteiger partial charge in [-0.2, -0.15) is 13.2 Å². The third-order valence-electron chi connectivity index (χ3n) is 4.54. The van der Waals surface area contributed by atoms with Crippen LogP contribution in [0, 0.1) is 5.92 Å². The summed E-state index contributed by atoms with van der Waals surface area (Å²) < 4.78 is 39.8. The molecule has 2 rings (SSSR count). The number of rotatable bonds is 5. The maximum atomic E-state index is 13.3. The van der Waals surface area contributed by atoms with Crippen molar-refractivity contribution in [2.75, 3.05) is 17.2 Å². The second-order valence-electron chi connectivity index (χ2n) is 6.73. The van der Waals surface area contributed by atoms with Crippen molar-refractivity contribution < 1.29 is 22.8 Å². The van der Waals surface area contributed by atoms with Crippen LogP contribution in [0.5, 0.6) is 0 Å². The van der Waals surface area contributed by atoms with Crippen LogP contribution in [0.4, 0.5) is 24.5 Å². The Morgan fingerprint density at radius 3 is 2.50 bits per heavy atom. The fourth-order valence-electron chi connectivity index (χ4n) is 3.18. The first-order valence-corrected chi connectivity index (χ1v) is 8.69. The van der Waals surface area contributed by atoms with Gasteiger partial charge in [0.15, 0.2) is 0 Å². The molecule has 1 saturated carbocycles. The zero-order valence-corrected chi connectivity index (χ0v) is 14.9. The molecule has 26 heavy (non-hydrogen) atoms. The average Bonchev–Trinajstić information content (AvgIpc) is 2.54. The Morgan fingerprint density at radius 2 is 1.88 bits per heavy atom. The van der Waals surface area contributed by atoms with E-state index in [-0.39, 0.29) is 29.9 Å². The summed E-state index contributed by atoms with van der Waals surface area (Å²) in [5, 5.41) is 7.78. The molecule has 1 aromatic carbocycles. The Labute approximate surface area is 150 Å². The number of benzene rings is 1. The second-order valence-corrected chi connectivity index (χ2v) is 6.73. The molecule has 0 aliphatic heterocycles. The fraction of sp³-hybridized carbons (Fsp3) is 0.556. The molecule has 1 aliphatic rings. The first-order chi connectivity index (χ1) is 12.2. The standard InChI is InChI=1S/C18H24F3N3O2/c1-11-5-3-4-6-15(11)24-17(26)10-22-16-8-7-13(23-12(2)25)9-14(16)18(19,20)21/h7-9,11,15,22H,3-6,10H2,1-2H3,(H,23,25)(H,24,26)/t11-,15+/m0/s1. The molecule has 1 aromatic rings. The Balaban J connectivity index is 2.03. The van der Waals surface area contributed by atoms with Gasteiger partial charge in [-0.05, 0) is 37.0 Å². The number of hydrogen-bond donors (Lipinski definition) is 3. The summed E-state index contributed by atoms with van der Waals surface area (Å²) in [4.78, 5) is 23.1. The van der Waals surface area contributed by atoms with E-state index in [4.69, 9.17) is 0 Å². The second kappa shape index (κ2) is 8.42. The Morgan fingerprint density at radius 1 is 1.19 bits per heavy atom. The van der Waals surface area contributed by atoms with E-state index in [9.17, 15) is 22.8 Å². The lowest BCUT2D eigenvalue weighted by Crippen LogP contribution is -2.43. The van der Waals surface area contributed by atoms with Crippen LogP contribution in [0.2, 0.25) is 0 Å². The van der Waals surface area contributed by atoms with Crippen molar-refractivity contribution in [2.24, 2.45) is 5.92 Å². The quantitative estimate of drug-likeness (QED) is 0.738. The van der Waals surface area contributed by atoms with E-state index in [0.29, 0.717) is 5.92 Å². The van der Waals surface area contributed by atoms with Crippen LogP contribution >= 0.6 is 0 Å². The molecule has 1 aliphatic carbocycles. The molecule has 0 saturated heterocycles. The molecule has 144 valence electrons. The first-order valence-electron chi connectivity index (χ1n) is 8.69. The maximum absolute atomic E-state index is 13.3. The van der Waals surface area contributed by atoms with E-state index in [1.165, 1.54) is 19.1 Å². The number of halogens is 3. The number of alkyl halides is 3. The van der Waals surface area contributed by atoms with Gasteiger partial charge in [-0.25, -0.2) is 0 Å². The van der Waals surface area contributed by atoms with Crippen LogP contribution in [0.15, 0.2) is 18.2 Å². The summed E-state index contributed by atoms with van der Waals surface area (Å²) >= 11 is 0. The number of amides is 2. The van der Waals surface area contributed by atoms with E-state index >= 15 is 0 Å². The molecular weight excluding hydrogens is 347 g/mol. The lowest BCUT2D eigenvalue weighted by molar-refractivity contribution is -0.137. The SMILES string of the molecule is CC(=O)Nc1ccc(NCC(=O)N[C@@H]2CCCC[C@@H]2C)c(C(F)(F)F)c1. The Kier molecular flexibility index (Phi) is 6.50. The number of carbonyl (C=O) groups excluding carboxylic acids is 2. The minimum absolute atomic E-state index is 0.0517. The topological polar surface area (TPSA) is 70.2 Å². The van der Waals surface area contributed by atoms with Crippen LogP contribution in [-0.2, 0) is 15.8 Å². The minimum atomic E-state index is -4.61. The van der Waals surface area contributed by atoms with Gasteiger partial charge >= 0.3 is 6.18 Å². The van der Waals surface area contributed by atoms with Crippen LogP contribution in [0.25, 0.3) is 0 Å². The highest BCUT2D eigenvalue weighted by molar-refractivity contribution is 5.89. The molecule has 0 heterocycles. The molecule has 0 unspecified atom stereocenters. The van der Waals surface area contributed by atoms with Crippen LogP contribution < -0.4 is 16.0 Å². The molecule has 5 nitrogen and oxygen atoms in total. The van der Waals surface area contributed by atoms with E-state index in [0.717, 1.165) is 31.7 Å². The summed E-state index contributed by atoms with van der Waals surface area (Å²) in [5.41, 5.74) is -1.07. The minimum Gasteiger partial charge on any atom is -0.376 e. The molecule has 3 N–H and O–H groups in total. The van der Waals surface area contributed by atoms with Gasteiger partial charge in [0.2, 0.25) is 11.8 Å². The van der Waals surface area contributed by atoms with Gasteiger partial charge in [0.05, 0.1) is 12.1 Å². The number of hydrogen-bond acceptors (Lipinski definition) is 3. The maximum Gasteiger partial charge on any atom is 0.418 e. The molecule has 0 spiro atoms. The first kappa shape index (κ1) is 20.1. The van der Waals surface area contributed by atoms with E-state index in [1.54, 1.807) is 0 Å². The van der Waals surface area contributed by atoms with Gasteiger partial charge in [-0.1, -0.05) is 19.8 Å².